The molecule has 12 heteroatoms. The van der Waals surface area contributed by atoms with E-state index in [2.05, 4.69) is 8.92 Å². The van der Waals surface area contributed by atoms with E-state index in [1.165, 1.54) is 0 Å². The van der Waals surface area contributed by atoms with Crippen molar-refractivity contribution in [3.63, 3.8) is 0 Å². The Morgan fingerprint density at radius 3 is 1.94 bits per heavy atom. The number of halogens is 2. The molecule has 0 aromatic rings. The van der Waals surface area contributed by atoms with Crippen molar-refractivity contribution in [2.45, 2.75) is 5.25 Å². The van der Waals surface area contributed by atoms with Gasteiger partial charge >= 0.3 is 11.2 Å². The molecule has 0 aliphatic carbocycles. The third-order valence-corrected chi connectivity index (χ3v) is 3.90. The molecule has 0 heterocycles. The lowest BCUT2D eigenvalue weighted by Crippen LogP contribution is -2.38. The smallest absolute Gasteiger partial charge is 0.424 e. The molecular weight excluding hydrogens is 276 g/mol. The van der Waals surface area contributed by atoms with Gasteiger partial charge in [-0.3, -0.25) is 4.18 Å². The number of sulfonamides is 1. The standard InChI is InChI=1S/C4H6F2NO7S2/c1-13-3(8)4(5,6)15(9,10)7-16(11,12)14-2/h1-2H3/q-1. The number of ether oxygens (including phenoxy) is 1. The summed E-state index contributed by atoms with van der Waals surface area (Å²) in [6.45, 7) is 0. The molecule has 0 unspecified atom stereocenters. The van der Waals surface area contributed by atoms with E-state index < -0.39 is 31.6 Å². The Labute approximate surface area is 89.8 Å². The summed E-state index contributed by atoms with van der Waals surface area (Å²) in [6, 6.07) is 0. The van der Waals surface area contributed by atoms with E-state index in [0.717, 1.165) is 0 Å². The van der Waals surface area contributed by atoms with Crippen LogP contribution in [0, 0.1) is 0 Å². The van der Waals surface area contributed by atoms with Crippen molar-refractivity contribution >= 4 is 26.3 Å². The number of carbonyl (C=O) groups is 1. The predicted molar refractivity (Wildman–Crippen MR) is 45.2 cm³/mol. The van der Waals surface area contributed by atoms with Crippen LogP contribution >= 0.6 is 0 Å². The molecule has 0 spiro atoms. The van der Waals surface area contributed by atoms with Crippen LogP contribution < -0.4 is 0 Å². The zero-order valence-corrected chi connectivity index (χ0v) is 9.51. The van der Waals surface area contributed by atoms with Gasteiger partial charge in [-0.25, -0.2) is 21.6 Å². The van der Waals surface area contributed by atoms with E-state index in [0.29, 0.717) is 14.2 Å². The minimum atomic E-state index is -5.94. The number of rotatable bonds is 5. The van der Waals surface area contributed by atoms with Gasteiger partial charge in [-0.15, -0.1) is 0 Å². The van der Waals surface area contributed by atoms with E-state index in [-0.39, 0.29) is 0 Å². The molecule has 0 saturated carbocycles. The Balaban J connectivity index is 5.32. The number of hydrogen-bond donors (Lipinski definition) is 0. The van der Waals surface area contributed by atoms with Crippen molar-refractivity contribution in [1.29, 1.82) is 0 Å². The molecule has 0 aromatic heterocycles. The van der Waals surface area contributed by atoms with Gasteiger partial charge in [0.2, 0.25) is 10.3 Å². The van der Waals surface area contributed by atoms with Crippen molar-refractivity contribution in [1.82, 2.24) is 0 Å². The first-order valence-corrected chi connectivity index (χ1v) is 6.06. The first-order valence-electron chi connectivity index (χ1n) is 3.26. The largest absolute Gasteiger partial charge is 0.464 e. The van der Waals surface area contributed by atoms with Gasteiger partial charge in [0.15, 0.2) is 10.0 Å². The lowest BCUT2D eigenvalue weighted by atomic mass is 10.7. The minimum Gasteiger partial charge on any atom is -0.464 e. The van der Waals surface area contributed by atoms with Crippen LogP contribution in [-0.2, 0) is 34.0 Å². The van der Waals surface area contributed by atoms with E-state index >= 15 is 0 Å². The van der Waals surface area contributed by atoms with Crippen LogP contribution in [0.5, 0.6) is 0 Å². The highest BCUT2D eigenvalue weighted by molar-refractivity contribution is 8.11. The number of esters is 1. The fourth-order valence-electron chi connectivity index (χ4n) is 0.422. The van der Waals surface area contributed by atoms with E-state index in [1.54, 1.807) is 4.13 Å². The van der Waals surface area contributed by atoms with Gasteiger partial charge in [0.1, 0.15) is 0 Å². The second-order valence-electron chi connectivity index (χ2n) is 2.15. The quantitative estimate of drug-likeness (QED) is 0.614. The zero-order chi connectivity index (χ0) is 13.2. The molecule has 0 atom stereocenters. The molecule has 0 aliphatic rings. The third kappa shape index (κ3) is 3.07. The Morgan fingerprint density at radius 2 is 1.62 bits per heavy atom. The Bertz CT molecular complexity index is 467. The lowest BCUT2D eigenvalue weighted by molar-refractivity contribution is -0.157. The monoisotopic (exact) mass is 282 g/mol. The van der Waals surface area contributed by atoms with Gasteiger partial charge in [-0.2, -0.15) is 8.78 Å². The summed E-state index contributed by atoms with van der Waals surface area (Å²) in [4.78, 5) is 10.4. The predicted octanol–water partition coefficient (Wildman–Crippen LogP) is -0.653. The molecule has 0 saturated heterocycles. The molecule has 0 bridgehead atoms. The second-order valence-corrected chi connectivity index (χ2v) is 5.40. The Morgan fingerprint density at radius 1 is 1.19 bits per heavy atom. The summed E-state index contributed by atoms with van der Waals surface area (Å²) in [7, 11) is -9.99. The van der Waals surface area contributed by atoms with Gasteiger partial charge in [0, 0.05) is 0 Å². The number of hydrogen-bond acceptors (Lipinski definition) is 7. The topological polar surface area (TPSA) is 118 Å². The molecule has 0 aliphatic heterocycles. The third-order valence-electron chi connectivity index (χ3n) is 1.15. The highest BCUT2D eigenvalue weighted by Crippen LogP contribution is 2.30. The van der Waals surface area contributed by atoms with Crippen molar-refractivity contribution in [2.75, 3.05) is 14.2 Å². The molecular formula is C4H6F2NO7S2-. The highest BCUT2D eigenvalue weighted by atomic mass is 32.3. The number of methoxy groups -OCH3 is 1. The van der Waals surface area contributed by atoms with Gasteiger partial charge < -0.3 is 8.86 Å². The Hall–Kier alpha value is -0.850. The van der Waals surface area contributed by atoms with Crippen LogP contribution in [-0.4, -0.2) is 42.3 Å². The average molecular weight is 282 g/mol. The first-order chi connectivity index (χ1) is 7.00. The van der Waals surface area contributed by atoms with Crippen molar-refractivity contribution < 1.29 is 39.3 Å². The SMILES string of the molecule is COC(=O)C(F)(F)S(=O)(=O)[N-]S(=O)(=O)OC. The van der Waals surface area contributed by atoms with Crippen LogP contribution in [0.2, 0.25) is 0 Å². The summed E-state index contributed by atoms with van der Waals surface area (Å²) in [5, 5.41) is -5.10. The van der Waals surface area contributed by atoms with Gasteiger partial charge in [0.05, 0.1) is 14.2 Å². The summed E-state index contributed by atoms with van der Waals surface area (Å²) in [6.07, 6.45) is 0. The summed E-state index contributed by atoms with van der Waals surface area (Å²) < 4.78 is 76.9. The maximum absolute atomic E-state index is 12.8. The number of carbonyl (C=O) groups excluding carboxylic acids is 1. The van der Waals surface area contributed by atoms with Crippen molar-refractivity contribution in [3.05, 3.63) is 4.13 Å². The zero-order valence-electron chi connectivity index (χ0n) is 7.88. The summed E-state index contributed by atoms with van der Waals surface area (Å²) in [5.41, 5.74) is 0. The first kappa shape index (κ1) is 15.2. The van der Waals surface area contributed by atoms with E-state index in [9.17, 15) is 30.4 Å². The van der Waals surface area contributed by atoms with Crippen LogP contribution in [0.15, 0.2) is 0 Å². The van der Waals surface area contributed by atoms with Gasteiger partial charge in [-0.05, 0) is 0 Å². The summed E-state index contributed by atoms with van der Waals surface area (Å²) in [5.74, 6) is -2.46. The van der Waals surface area contributed by atoms with Crippen LogP contribution in [0.4, 0.5) is 8.78 Å². The Kier molecular flexibility index (Phi) is 4.32. The molecule has 0 N–H and O–H groups in total. The molecule has 0 amide bonds. The van der Waals surface area contributed by atoms with Crippen molar-refractivity contribution in [3.8, 4) is 0 Å². The van der Waals surface area contributed by atoms with Crippen molar-refractivity contribution in [2.24, 2.45) is 0 Å². The van der Waals surface area contributed by atoms with Crippen LogP contribution in [0.1, 0.15) is 0 Å². The maximum atomic E-state index is 12.8. The molecule has 96 valence electrons. The summed E-state index contributed by atoms with van der Waals surface area (Å²) >= 11 is 0. The normalized spacial score (nSPS) is 13.5. The second kappa shape index (κ2) is 4.57. The lowest BCUT2D eigenvalue weighted by Gasteiger charge is -2.23. The molecule has 0 rings (SSSR count). The van der Waals surface area contributed by atoms with E-state index in [1.807, 2.05) is 0 Å². The maximum Gasteiger partial charge on any atom is 0.424 e. The fourth-order valence-corrected chi connectivity index (χ4v) is 2.29. The molecule has 16 heavy (non-hydrogen) atoms. The molecule has 0 fully saturated rings. The van der Waals surface area contributed by atoms with Crippen LogP contribution in [0.3, 0.4) is 0 Å². The van der Waals surface area contributed by atoms with Crippen LogP contribution in [0.25, 0.3) is 4.13 Å². The number of alkyl halides is 2. The minimum absolute atomic E-state index is 0.497. The van der Waals surface area contributed by atoms with Gasteiger partial charge in [0.25, 0.3) is 0 Å². The average Bonchev–Trinajstić information content (AvgIpc) is 2.14. The molecule has 8 nitrogen and oxygen atoms in total. The van der Waals surface area contributed by atoms with E-state index in [4.69, 9.17) is 0 Å². The fraction of sp³-hybridized carbons (Fsp3) is 0.750. The molecule has 0 aromatic carbocycles. The highest BCUT2D eigenvalue weighted by Gasteiger charge is 2.50. The molecule has 0 radical (unpaired) electrons. The number of nitrogens with zero attached hydrogens (tertiary/aromatic N) is 1. The van der Waals surface area contributed by atoms with Gasteiger partial charge in [-0.1, -0.05) is 0 Å².